The summed E-state index contributed by atoms with van der Waals surface area (Å²) in [5, 5.41) is 0. The second-order valence-corrected chi connectivity index (χ2v) is 5.29. The van der Waals surface area contributed by atoms with Gasteiger partial charge in [-0.15, -0.1) is 0 Å². The van der Waals surface area contributed by atoms with E-state index < -0.39 is 17.0 Å². The molecule has 3 rings (SSSR count). The van der Waals surface area contributed by atoms with Gasteiger partial charge >= 0.3 is 0 Å². The Labute approximate surface area is 116 Å². The van der Waals surface area contributed by atoms with Gasteiger partial charge < -0.3 is 0 Å². The number of hydrogen-bond donors (Lipinski definition) is 0. The van der Waals surface area contributed by atoms with Crippen molar-refractivity contribution in [3.8, 4) is 0 Å². The summed E-state index contributed by atoms with van der Waals surface area (Å²) in [4.78, 5) is 12.7. The lowest BCUT2D eigenvalue weighted by molar-refractivity contribution is 0.0788. The molecule has 0 unspecified atom stereocenters. The van der Waals surface area contributed by atoms with Crippen LogP contribution < -0.4 is 0 Å². The number of hydrogen-bond acceptors (Lipinski definition) is 1. The Balaban J connectivity index is 2.03. The molecule has 2 aromatic carbocycles. The molecule has 0 spiro atoms. The Kier molecular flexibility index (Phi) is 3.13. The van der Waals surface area contributed by atoms with Crippen molar-refractivity contribution in [3.63, 3.8) is 0 Å². The van der Waals surface area contributed by atoms with E-state index in [0.717, 1.165) is 43.0 Å². The summed E-state index contributed by atoms with van der Waals surface area (Å²) < 4.78 is 26.6. The molecule has 0 atom stereocenters. The Bertz CT molecular complexity index is 625. The molecule has 1 fully saturated rings. The number of halogens is 2. The average molecular weight is 272 g/mol. The number of benzene rings is 2. The fourth-order valence-corrected chi connectivity index (χ4v) is 2.90. The van der Waals surface area contributed by atoms with Gasteiger partial charge in [0.15, 0.2) is 5.78 Å². The second kappa shape index (κ2) is 4.82. The highest BCUT2D eigenvalue weighted by Gasteiger charge is 2.45. The van der Waals surface area contributed by atoms with E-state index in [1.54, 1.807) is 0 Å². The molecule has 1 saturated carbocycles. The van der Waals surface area contributed by atoms with Crippen molar-refractivity contribution >= 4 is 5.78 Å². The van der Waals surface area contributed by atoms with E-state index in [0.29, 0.717) is 0 Å². The van der Waals surface area contributed by atoms with Gasteiger partial charge in [-0.2, -0.15) is 0 Å². The molecule has 0 bridgehead atoms. The van der Waals surface area contributed by atoms with Gasteiger partial charge in [-0.05, 0) is 30.5 Å². The lowest BCUT2D eigenvalue weighted by atomic mass is 9.61. The smallest absolute Gasteiger partial charge is 0.173 e. The molecule has 0 heterocycles. The highest BCUT2D eigenvalue weighted by molar-refractivity contribution is 6.04. The van der Waals surface area contributed by atoms with Gasteiger partial charge in [0.25, 0.3) is 0 Å². The van der Waals surface area contributed by atoms with E-state index in [1.165, 1.54) is 0 Å². The third-order valence-electron chi connectivity index (χ3n) is 4.09. The number of ketones is 1. The molecular formula is C17H14F2O. The predicted octanol–water partition coefficient (Wildman–Crippen LogP) is 4.27. The van der Waals surface area contributed by atoms with Crippen LogP contribution in [0.2, 0.25) is 0 Å². The fourth-order valence-electron chi connectivity index (χ4n) is 2.90. The van der Waals surface area contributed by atoms with Crippen molar-refractivity contribution in [1.82, 2.24) is 0 Å². The summed E-state index contributed by atoms with van der Waals surface area (Å²) in [5.41, 5.74) is 0.438. The molecule has 1 aliphatic carbocycles. The van der Waals surface area contributed by atoms with E-state index in [2.05, 4.69) is 0 Å². The summed E-state index contributed by atoms with van der Waals surface area (Å²) in [6.45, 7) is 0. The molecule has 0 aliphatic heterocycles. The predicted molar refractivity (Wildman–Crippen MR) is 72.7 cm³/mol. The van der Waals surface area contributed by atoms with Gasteiger partial charge in [0, 0.05) is 11.6 Å². The van der Waals surface area contributed by atoms with E-state index in [1.807, 2.05) is 30.3 Å². The molecule has 0 amide bonds. The molecule has 0 radical (unpaired) electrons. The Hall–Kier alpha value is -2.03. The van der Waals surface area contributed by atoms with Crippen LogP contribution >= 0.6 is 0 Å². The summed E-state index contributed by atoms with van der Waals surface area (Å²) in [7, 11) is 0. The summed E-state index contributed by atoms with van der Waals surface area (Å²) in [5.74, 6) is -1.61. The van der Waals surface area contributed by atoms with Crippen molar-refractivity contribution in [2.24, 2.45) is 0 Å². The molecule has 102 valence electrons. The standard InChI is InChI=1S/C17H14F2O/c18-14-9-12(10-15(19)11-14)16(20)17(7-4-8-17)13-5-2-1-3-6-13/h1-3,5-6,9-11H,4,7-8H2. The van der Waals surface area contributed by atoms with Crippen LogP contribution in [-0.4, -0.2) is 5.78 Å². The normalized spacial score (nSPS) is 16.5. The van der Waals surface area contributed by atoms with Gasteiger partial charge in [0.05, 0.1) is 5.41 Å². The molecule has 0 aromatic heterocycles. The molecule has 3 heteroatoms. The lowest BCUT2D eigenvalue weighted by Gasteiger charge is -2.41. The molecule has 0 N–H and O–H groups in total. The summed E-state index contributed by atoms with van der Waals surface area (Å²) in [6, 6.07) is 12.5. The first-order chi connectivity index (χ1) is 9.62. The second-order valence-electron chi connectivity index (χ2n) is 5.29. The zero-order valence-corrected chi connectivity index (χ0v) is 10.9. The highest BCUT2D eigenvalue weighted by atomic mass is 19.1. The van der Waals surface area contributed by atoms with Gasteiger partial charge in [0.2, 0.25) is 0 Å². The van der Waals surface area contributed by atoms with Gasteiger partial charge in [-0.3, -0.25) is 4.79 Å². The van der Waals surface area contributed by atoms with Gasteiger partial charge in [0.1, 0.15) is 11.6 Å². The van der Waals surface area contributed by atoms with Crippen LogP contribution in [0.25, 0.3) is 0 Å². The maximum atomic E-state index is 13.3. The van der Waals surface area contributed by atoms with E-state index in [9.17, 15) is 13.6 Å². The zero-order valence-electron chi connectivity index (χ0n) is 10.9. The van der Waals surface area contributed by atoms with Crippen LogP contribution in [0.5, 0.6) is 0 Å². The molecular weight excluding hydrogens is 258 g/mol. The molecule has 2 aromatic rings. The number of carbonyl (C=O) groups is 1. The van der Waals surface area contributed by atoms with Crippen LogP contribution in [0.1, 0.15) is 35.2 Å². The first kappa shape index (κ1) is 13.0. The maximum absolute atomic E-state index is 13.3. The topological polar surface area (TPSA) is 17.1 Å². The minimum atomic E-state index is -0.712. The third kappa shape index (κ3) is 2.03. The van der Waals surface area contributed by atoms with Crippen LogP contribution in [0.15, 0.2) is 48.5 Å². The average Bonchev–Trinajstić information content (AvgIpc) is 2.37. The summed E-state index contributed by atoms with van der Waals surface area (Å²) in [6.07, 6.45) is 2.42. The molecule has 1 nitrogen and oxygen atoms in total. The molecule has 20 heavy (non-hydrogen) atoms. The minimum absolute atomic E-state index is 0.117. The number of rotatable bonds is 3. The van der Waals surface area contributed by atoms with Crippen molar-refractivity contribution in [3.05, 3.63) is 71.3 Å². The molecule has 1 aliphatic rings. The number of Topliss-reactive ketones (excluding diaryl/α,β-unsaturated/α-hetero) is 1. The Morgan fingerprint density at radius 2 is 1.55 bits per heavy atom. The van der Waals surface area contributed by atoms with Crippen molar-refractivity contribution < 1.29 is 13.6 Å². The highest BCUT2D eigenvalue weighted by Crippen LogP contribution is 2.46. The van der Waals surface area contributed by atoms with Crippen molar-refractivity contribution in [1.29, 1.82) is 0 Å². The SMILES string of the molecule is O=C(c1cc(F)cc(F)c1)C1(c2ccccc2)CCC1. The fraction of sp³-hybridized carbons (Fsp3) is 0.235. The number of carbonyl (C=O) groups excluding carboxylic acids is 1. The van der Waals surface area contributed by atoms with Crippen molar-refractivity contribution in [2.75, 3.05) is 0 Å². The zero-order chi connectivity index (χ0) is 14.2. The third-order valence-corrected chi connectivity index (χ3v) is 4.09. The van der Waals surface area contributed by atoms with Crippen LogP contribution in [0, 0.1) is 11.6 Å². The minimum Gasteiger partial charge on any atom is -0.293 e. The van der Waals surface area contributed by atoms with E-state index >= 15 is 0 Å². The van der Waals surface area contributed by atoms with Gasteiger partial charge in [-0.1, -0.05) is 36.8 Å². The van der Waals surface area contributed by atoms with Crippen LogP contribution in [0.3, 0.4) is 0 Å². The summed E-state index contributed by atoms with van der Waals surface area (Å²) >= 11 is 0. The van der Waals surface area contributed by atoms with Crippen molar-refractivity contribution in [2.45, 2.75) is 24.7 Å². The molecule has 0 saturated heterocycles. The maximum Gasteiger partial charge on any atom is 0.173 e. The Morgan fingerprint density at radius 1 is 0.950 bits per heavy atom. The largest absolute Gasteiger partial charge is 0.293 e. The van der Waals surface area contributed by atoms with E-state index in [-0.39, 0.29) is 11.3 Å². The first-order valence-electron chi connectivity index (χ1n) is 6.68. The first-order valence-corrected chi connectivity index (χ1v) is 6.68. The lowest BCUT2D eigenvalue weighted by Crippen LogP contribution is -2.42. The van der Waals surface area contributed by atoms with Crippen LogP contribution in [-0.2, 0) is 5.41 Å². The van der Waals surface area contributed by atoms with Crippen LogP contribution in [0.4, 0.5) is 8.78 Å². The monoisotopic (exact) mass is 272 g/mol. The Morgan fingerprint density at radius 3 is 2.05 bits per heavy atom. The quantitative estimate of drug-likeness (QED) is 0.763. The van der Waals surface area contributed by atoms with Gasteiger partial charge in [-0.25, -0.2) is 8.78 Å². The van der Waals surface area contributed by atoms with E-state index in [4.69, 9.17) is 0 Å².